The van der Waals surface area contributed by atoms with Gasteiger partial charge in [-0.15, -0.1) is 0 Å². The number of likely N-dealkylation sites (N-methyl/N-ethyl adjacent to an activating group) is 1. The van der Waals surface area contributed by atoms with Gasteiger partial charge in [-0.25, -0.2) is 4.98 Å². The first kappa shape index (κ1) is 22.5. The van der Waals surface area contributed by atoms with E-state index in [2.05, 4.69) is 26.2 Å². The SMILES string of the molecule is Cc1cc(C)c(NC(=O)CN(C)C(=O)c2ccc(Oc3ccc(Br)cc3)nc2)c(C)c1. The van der Waals surface area contributed by atoms with Crippen LogP contribution >= 0.6 is 15.9 Å². The third-order valence-corrected chi connectivity index (χ3v) is 5.22. The highest BCUT2D eigenvalue weighted by atomic mass is 79.9. The van der Waals surface area contributed by atoms with E-state index in [0.29, 0.717) is 17.2 Å². The number of rotatable bonds is 6. The topological polar surface area (TPSA) is 71.5 Å². The highest BCUT2D eigenvalue weighted by molar-refractivity contribution is 9.10. The number of halogens is 1. The Hall–Kier alpha value is -3.19. The van der Waals surface area contributed by atoms with Gasteiger partial charge in [-0.1, -0.05) is 33.6 Å². The fraction of sp³-hybridized carbons (Fsp3) is 0.208. The molecule has 7 heteroatoms. The Bertz CT molecular complexity index is 1070. The number of carbonyl (C=O) groups excluding carboxylic acids is 2. The highest BCUT2D eigenvalue weighted by Crippen LogP contribution is 2.23. The summed E-state index contributed by atoms with van der Waals surface area (Å²) in [5.74, 6) is 0.471. The Morgan fingerprint density at radius 1 is 1.03 bits per heavy atom. The van der Waals surface area contributed by atoms with Crippen molar-refractivity contribution in [3.8, 4) is 11.6 Å². The fourth-order valence-electron chi connectivity index (χ4n) is 3.25. The van der Waals surface area contributed by atoms with Crippen molar-refractivity contribution in [3.05, 3.63) is 81.5 Å². The molecule has 31 heavy (non-hydrogen) atoms. The van der Waals surface area contributed by atoms with E-state index in [0.717, 1.165) is 26.9 Å². The van der Waals surface area contributed by atoms with E-state index < -0.39 is 0 Å². The molecule has 0 saturated carbocycles. The second kappa shape index (κ2) is 9.75. The van der Waals surface area contributed by atoms with Crippen LogP contribution < -0.4 is 10.1 Å². The van der Waals surface area contributed by atoms with Gasteiger partial charge < -0.3 is 15.0 Å². The average molecular weight is 482 g/mol. The third kappa shape index (κ3) is 5.92. The molecular weight excluding hydrogens is 458 g/mol. The zero-order valence-corrected chi connectivity index (χ0v) is 19.5. The van der Waals surface area contributed by atoms with Crippen molar-refractivity contribution in [1.29, 1.82) is 0 Å². The lowest BCUT2D eigenvalue weighted by molar-refractivity contribution is -0.116. The molecule has 0 saturated heterocycles. The van der Waals surface area contributed by atoms with Crippen LogP contribution in [-0.2, 0) is 4.79 Å². The van der Waals surface area contributed by atoms with Gasteiger partial charge in [-0.3, -0.25) is 9.59 Å². The number of hydrogen-bond donors (Lipinski definition) is 1. The number of anilines is 1. The molecule has 0 aliphatic rings. The average Bonchev–Trinajstić information content (AvgIpc) is 2.72. The Balaban J connectivity index is 1.60. The van der Waals surface area contributed by atoms with Crippen molar-refractivity contribution in [2.75, 3.05) is 18.9 Å². The molecule has 160 valence electrons. The minimum absolute atomic E-state index is 0.0667. The Kier molecular flexibility index (Phi) is 7.07. The molecule has 3 aromatic rings. The first-order valence-electron chi connectivity index (χ1n) is 9.75. The third-order valence-electron chi connectivity index (χ3n) is 4.69. The molecule has 0 radical (unpaired) electrons. The van der Waals surface area contributed by atoms with Crippen molar-refractivity contribution in [2.45, 2.75) is 20.8 Å². The van der Waals surface area contributed by atoms with Crippen LogP contribution in [0.15, 0.2) is 59.2 Å². The molecule has 6 nitrogen and oxygen atoms in total. The molecule has 1 heterocycles. The molecule has 0 aliphatic carbocycles. The molecular formula is C24H24BrN3O3. The lowest BCUT2D eigenvalue weighted by Gasteiger charge is -2.18. The van der Waals surface area contributed by atoms with Crippen LogP contribution in [0, 0.1) is 20.8 Å². The van der Waals surface area contributed by atoms with Crippen molar-refractivity contribution in [3.63, 3.8) is 0 Å². The minimum atomic E-state index is -0.296. The summed E-state index contributed by atoms with van der Waals surface area (Å²) in [5.41, 5.74) is 4.28. The van der Waals surface area contributed by atoms with Crippen LogP contribution in [0.5, 0.6) is 11.6 Å². The number of aromatic nitrogens is 1. The maximum atomic E-state index is 12.7. The van der Waals surface area contributed by atoms with Gasteiger partial charge in [-0.05, 0) is 62.2 Å². The number of pyridine rings is 1. The van der Waals surface area contributed by atoms with Gasteiger partial charge in [0.05, 0.1) is 12.1 Å². The number of nitrogens with zero attached hydrogens (tertiary/aromatic N) is 2. The second-order valence-corrected chi connectivity index (χ2v) is 8.34. The quantitative estimate of drug-likeness (QED) is 0.520. The predicted octanol–water partition coefficient (Wildman–Crippen LogP) is 5.27. The zero-order chi connectivity index (χ0) is 22.5. The van der Waals surface area contributed by atoms with Gasteiger partial charge in [0.2, 0.25) is 11.8 Å². The van der Waals surface area contributed by atoms with Crippen LogP contribution in [0.3, 0.4) is 0 Å². The maximum Gasteiger partial charge on any atom is 0.255 e. The largest absolute Gasteiger partial charge is 0.439 e. The number of amides is 2. The van der Waals surface area contributed by atoms with Gasteiger partial charge >= 0.3 is 0 Å². The van der Waals surface area contributed by atoms with E-state index >= 15 is 0 Å². The summed E-state index contributed by atoms with van der Waals surface area (Å²) in [5, 5.41) is 2.91. The van der Waals surface area contributed by atoms with Crippen molar-refractivity contribution >= 4 is 33.4 Å². The van der Waals surface area contributed by atoms with Gasteiger partial charge in [0.15, 0.2) is 0 Å². The van der Waals surface area contributed by atoms with Crippen LogP contribution in [0.4, 0.5) is 5.69 Å². The number of nitrogens with one attached hydrogen (secondary N) is 1. The molecule has 0 bridgehead atoms. The number of benzene rings is 2. The van der Waals surface area contributed by atoms with Crippen molar-refractivity contribution in [2.24, 2.45) is 0 Å². The van der Waals surface area contributed by atoms with Gasteiger partial charge in [0.1, 0.15) is 5.75 Å². The smallest absolute Gasteiger partial charge is 0.255 e. The molecule has 0 atom stereocenters. The van der Waals surface area contributed by atoms with Crippen LogP contribution in [-0.4, -0.2) is 35.3 Å². The summed E-state index contributed by atoms with van der Waals surface area (Å²) >= 11 is 3.37. The molecule has 0 aliphatic heterocycles. The fourth-order valence-corrected chi connectivity index (χ4v) is 3.52. The summed E-state index contributed by atoms with van der Waals surface area (Å²) in [6.07, 6.45) is 1.44. The standard InChI is InChI=1S/C24H24BrN3O3/c1-15-11-16(2)23(17(3)12-15)27-21(29)14-28(4)24(30)18-5-10-22(26-13-18)31-20-8-6-19(25)7-9-20/h5-13H,14H2,1-4H3,(H,27,29). The Morgan fingerprint density at radius 2 is 1.68 bits per heavy atom. The molecule has 0 fully saturated rings. The normalized spacial score (nSPS) is 10.5. The maximum absolute atomic E-state index is 12.7. The Morgan fingerprint density at radius 3 is 2.26 bits per heavy atom. The molecule has 2 amide bonds. The molecule has 3 rings (SSSR count). The van der Waals surface area contributed by atoms with Gasteiger partial charge in [0, 0.05) is 29.5 Å². The minimum Gasteiger partial charge on any atom is -0.439 e. The summed E-state index contributed by atoms with van der Waals surface area (Å²) in [7, 11) is 1.59. The first-order chi connectivity index (χ1) is 14.7. The number of aryl methyl sites for hydroxylation is 3. The monoisotopic (exact) mass is 481 g/mol. The summed E-state index contributed by atoms with van der Waals surface area (Å²) < 4.78 is 6.62. The van der Waals surface area contributed by atoms with Gasteiger partial charge in [-0.2, -0.15) is 0 Å². The van der Waals surface area contributed by atoms with Crippen LogP contribution in [0.25, 0.3) is 0 Å². The number of hydrogen-bond acceptors (Lipinski definition) is 4. The Labute approximate surface area is 190 Å². The second-order valence-electron chi connectivity index (χ2n) is 7.42. The number of carbonyl (C=O) groups is 2. The van der Waals surface area contributed by atoms with E-state index in [-0.39, 0.29) is 18.4 Å². The van der Waals surface area contributed by atoms with E-state index in [1.54, 1.807) is 19.2 Å². The number of ether oxygens (including phenoxy) is 1. The van der Waals surface area contributed by atoms with E-state index in [1.165, 1.54) is 11.1 Å². The van der Waals surface area contributed by atoms with Crippen LogP contribution in [0.2, 0.25) is 0 Å². The van der Waals surface area contributed by atoms with E-state index in [4.69, 9.17) is 4.74 Å². The summed E-state index contributed by atoms with van der Waals surface area (Å²) in [6, 6.07) is 14.7. The summed E-state index contributed by atoms with van der Waals surface area (Å²) in [6.45, 7) is 5.85. The van der Waals surface area contributed by atoms with Gasteiger partial charge in [0.25, 0.3) is 5.91 Å². The zero-order valence-electron chi connectivity index (χ0n) is 17.9. The van der Waals surface area contributed by atoms with Crippen molar-refractivity contribution < 1.29 is 14.3 Å². The van der Waals surface area contributed by atoms with E-state index in [1.807, 2.05) is 57.2 Å². The highest BCUT2D eigenvalue weighted by Gasteiger charge is 2.17. The molecule has 2 aromatic carbocycles. The predicted molar refractivity (Wildman–Crippen MR) is 125 cm³/mol. The molecule has 1 N–H and O–H groups in total. The van der Waals surface area contributed by atoms with E-state index in [9.17, 15) is 9.59 Å². The lowest BCUT2D eigenvalue weighted by Crippen LogP contribution is -2.35. The lowest BCUT2D eigenvalue weighted by atomic mass is 10.1. The van der Waals surface area contributed by atoms with Crippen molar-refractivity contribution in [1.82, 2.24) is 9.88 Å². The summed E-state index contributed by atoms with van der Waals surface area (Å²) in [4.78, 5) is 30.7. The molecule has 0 spiro atoms. The van der Waals surface area contributed by atoms with Crippen LogP contribution in [0.1, 0.15) is 27.0 Å². The molecule has 1 aromatic heterocycles. The molecule has 0 unspecified atom stereocenters. The first-order valence-corrected chi connectivity index (χ1v) is 10.5.